The lowest BCUT2D eigenvalue weighted by atomic mass is 10.0. The molecule has 11 heteroatoms. The van der Waals surface area contributed by atoms with Crippen LogP contribution >= 0.6 is 7.82 Å². The highest BCUT2D eigenvalue weighted by Gasteiger charge is 2.25. The summed E-state index contributed by atoms with van der Waals surface area (Å²) in [5.74, 6) is -0.862. The van der Waals surface area contributed by atoms with Crippen molar-refractivity contribution >= 4 is 19.8 Å². The molecule has 0 aromatic carbocycles. The van der Waals surface area contributed by atoms with Crippen molar-refractivity contribution in [1.29, 1.82) is 0 Å². The van der Waals surface area contributed by atoms with Gasteiger partial charge in [0.05, 0.1) is 13.2 Å². The van der Waals surface area contributed by atoms with Crippen LogP contribution in [0.1, 0.15) is 219 Å². The summed E-state index contributed by atoms with van der Waals surface area (Å²) >= 11 is 0. The molecule has 0 heterocycles. The number of aliphatic hydroxyl groups is 2. The number of ether oxygens (including phenoxy) is 2. The monoisotopic (exact) mass is 779 g/mol. The largest absolute Gasteiger partial charge is 0.472 e. The Balaban J connectivity index is 3.65. The van der Waals surface area contributed by atoms with Crippen molar-refractivity contribution in [2.45, 2.75) is 232 Å². The maximum atomic E-state index is 12.1. The Labute approximate surface area is 324 Å². The Morgan fingerprint density at radius 2 is 0.642 bits per heavy atom. The number of esters is 2. The first-order chi connectivity index (χ1) is 25.7. The predicted molar refractivity (Wildman–Crippen MR) is 215 cm³/mol. The molecule has 0 aromatic heterocycles. The quantitative estimate of drug-likeness (QED) is 0.0310. The topological polar surface area (TPSA) is 149 Å². The van der Waals surface area contributed by atoms with Gasteiger partial charge in [-0.25, -0.2) is 4.57 Å². The van der Waals surface area contributed by atoms with Gasteiger partial charge in [0.15, 0.2) is 0 Å². The fourth-order valence-electron chi connectivity index (χ4n) is 6.30. The van der Waals surface area contributed by atoms with Gasteiger partial charge in [0, 0.05) is 12.8 Å². The number of hydrogen-bond acceptors (Lipinski definition) is 9. The van der Waals surface area contributed by atoms with Crippen molar-refractivity contribution in [1.82, 2.24) is 0 Å². The summed E-state index contributed by atoms with van der Waals surface area (Å²) in [5, 5.41) is 20.0. The molecule has 0 spiro atoms. The van der Waals surface area contributed by atoms with E-state index in [1.165, 1.54) is 154 Å². The summed E-state index contributed by atoms with van der Waals surface area (Å²) in [6.07, 6.45) is 35.1. The third-order valence-corrected chi connectivity index (χ3v) is 10.7. The van der Waals surface area contributed by atoms with E-state index in [1.54, 1.807) is 0 Å². The Morgan fingerprint density at radius 1 is 0.415 bits per heavy atom. The van der Waals surface area contributed by atoms with Gasteiger partial charge in [-0.2, -0.15) is 0 Å². The van der Waals surface area contributed by atoms with Crippen molar-refractivity contribution < 1.29 is 47.8 Å². The smallest absolute Gasteiger partial charge is 0.463 e. The lowest BCUT2D eigenvalue weighted by Gasteiger charge is -2.17. The van der Waals surface area contributed by atoms with Gasteiger partial charge in [-0.1, -0.05) is 194 Å². The normalized spacial score (nSPS) is 12.9. The zero-order chi connectivity index (χ0) is 39.1. The van der Waals surface area contributed by atoms with E-state index in [-0.39, 0.29) is 26.1 Å². The molecule has 0 aliphatic rings. The van der Waals surface area contributed by atoms with E-state index in [2.05, 4.69) is 13.8 Å². The van der Waals surface area contributed by atoms with E-state index >= 15 is 0 Å². The molecule has 0 saturated heterocycles. The Bertz CT molecular complexity index is 794. The van der Waals surface area contributed by atoms with Crippen molar-refractivity contribution in [3.05, 3.63) is 0 Å². The number of rotatable bonds is 42. The van der Waals surface area contributed by atoms with Crippen LogP contribution in [0.25, 0.3) is 0 Å². The van der Waals surface area contributed by atoms with Crippen LogP contribution in [0.15, 0.2) is 0 Å². The molecule has 0 saturated carbocycles. The van der Waals surface area contributed by atoms with Gasteiger partial charge in [-0.05, 0) is 12.8 Å². The van der Waals surface area contributed by atoms with Crippen LogP contribution in [-0.2, 0) is 32.7 Å². The van der Waals surface area contributed by atoms with Crippen molar-refractivity contribution in [3.63, 3.8) is 0 Å². The van der Waals surface area contributed by atoms with Crippen LogP contribution in [0.4, 0.5) is 0 Å². The highest BCUT2D eigenvalue weighted by atomic mass is 31.2. The van der Waals surface area contributed by atoms with Gasteiger partial charge in [-0.15, -0.1) is 0 Å². The van der Waals surface area contributed by atoms with Crippen LogP contribution in [0.2, 0.25) is 0 Å². The Hall–Kier alpha value is -1.03. The highest BCUT2D eigenvalue weighted by Crippen LogP contribution is 2.43. The van der Waals surface area contributed by atoms with Crippen LogP contribution in [0.5, 0.6) is 0 Å². The summed E-state index contributed by atoms with van der Waals surface area (Å²) < 4.78 is 31.7. The minimum atomic E-state index is -4.59. The van der Waals surface area contributed by atoms with Gasteiger partial charge in [0.1, 0.15) is 25.4 Å². The molecule has 0 aromatic rings. The van der Waals surface area contributed by atoms with E-state index in [9.17, 15) is 29.3 Å². The third kappa shape index (κ3) is 40.5. The van der Waals surface area contributed by atoms with E-state index in [0.29, 0.717) is 0 Å². The number of hydrogen-bond donors (Lipinski definition) is 3. The summed E-state index contributed by atoms with van der Waals surface area (Å²) in [7, 11) is -4.59. The van der Waals surface area contributed by atoms with Crippen molar-refractivity contribution in [3.8, 4) is 0 Å². The lowest BCUT2D eigenvalue weighted by Crippen LogP contribution is -2.25. The van der Waals surface area contributed by atoms with Gasteiger partial charge in [-0.3, -0.25) is 18.6 Å². The molecule has 0 rings (SSSR count). The average Bonchev–Trinajstić information content (AvgIpc) is 3.14. The number of unbranched alkanes of at least 4 members (excludes halogenated alkanes) is 28. The molecular formula is C42H83O10P. The van der Waals surface area contributed by atoms with E-state index < -0.39 is 45.2 Å². The molecule has 2 atom stereocenters. The summed E-state index contributed by atoms with van der Waals surface area (Å²) in [4.78, 5) is 33.8. The molecule has 0 unspecified atom stereocenters. The van der Waals surface area contributed by atoms with Crippen molar-refractivity contribution in [2.24, 2.45) is 0 Å². The fraction of sp³-hybridized carbons (Fsp3) is 0.952. The second kappa shape index (κ2) is 39.2. The molecule has 53 heavy (non-hydrogen) atoms. The first-order valence-corrected chi connectivity index (χ1v) is 23.5. The highest BCUT2D eigenvalue weighted by molar-refractivity contribution is 7.47. The van der Waals surface area contributed by atoms with Gasteiger partial charge in [0.25, 0.3) is 0 Å². The maximum Gasteiger partial charge on any atom is 0.472 e. The molecular weight excluding hydrogens is 695 g/mol. The Kier molecular flexibility index (Phi) is 38.5. The molecule has 0 radical (unpaired) electrons. The number of carbonyl (C=O) groups excluding carboxylic acids is 2. The molecule has 0 bridgehead atoms. The van der Waals surface area contributed by atoms with E-state index in [4.69, 9.17) is 18.5 Å². The average molecular weight is 779 g/mol. The molecule has 0 aliphatic carbocycles. The predicted octanol–water partition coefficient (Wildman–Crippen LogP) is 11.5. The minimum Gasteiger partial charge on any atom is -0.463 e. The van der Waals surface area contributed by atoms with Crippen molar-refractivity contribution in [2.75, 3.05) is 26.4 Å². The standard InChI is InChI=1S/C42H83O10P/c1-3-5-7-9-11-13-15-17-19-21-23-25-27-29-31-33-41(45)49-35-39(43)37-51-53(47,48)52-38-40(44)36-50-42(46)34-32-30-28-26-24-22-20-18-16-14-12-10-8-6-4-2/h39-40,43-44H,3-38H2,1-2H3,(H,47,48)/t39-,40-/m0/s1. The first kappa shape index (κ1) is 52.0. The van der Waals surface area contributed by atoms with Crippen LogP contribution < -0.4 is 0 Å². The minimum absolute atomic E-state index is 0.259. The van der Waals surface area contributed by atoms with Crippen LogP contribution in [0.3, 0.4) is 0 Å². The lowest BCUT2D eigenvalue weighted by molar-refractivity contribution is -0.147. The zero-order valence-electron chi connectivity index (χ0n) is 34.3. The van der Waals surface area contributed by atoms with E-state index in [0.717, 1.165) is 38.5 Å². The molecule has 10 nitrogen and oxygen atoms in total. The number of carbonyl (C=O) groups is 2. The molecule has 0 aliphatic heterocycles. The Morgan fingerprint density at radius 3 is 0.887 bits per heavy atom. The second-order valence-corrected chi connectivity index (χ2v) is 16.6. The number of phosphoric acid groups is 1. The third-order valence-electron chi connectivity index (χ3n) is 9.70. The van der Waals surface area contributed by atoms with Gasteiger partial charge in [0.2, 0.25) is 0 Å². The maximum absolute atomic E-state index is 12.1. The van der Waals surface area contributed by atoms with E-state index in [1.807, 2.05) is 0 Å². The van der Waals surface area contributed by atoms with Gasteiger partial charge < -0.3 is 24.6 Å². The SMILES string of the molecule is CCCCCCCCCCCCCCCCCC(=O)OC[C@H](O)COP(=O)(O)OC[C@@H](O)COC(=O)CCCCCCCCCCCCCCCCC. The van der Waals surface area contributed by atoms with Crippen LogP contribution in [-0.4, -0.2) is 65.7 Å². The number of aliphatic hydroxyl groups excluding tert-OH is 2. The molecule has 0 amide bonds. The zero-order valence-corrected chi connectivity index (χ0v) is 35.2. The fourth-order valence-corrected chi connectivity index (χ4v) is 7.09. The molecule has 0 fully saturated rings. The molecule has 316 valence electrons. The number of phosphoric ester groups is 1. The second-order valence-electron chi connectivity index (χ2n) is 15.1. The summed E-state index contributed by atoms with van der Waals surface area (Å²) in [6.45, 7) is 2.59. The molecule has 3 N–H and O–H groups in total. The van der Waals surface area contributed by atoms with Crippen LogP contribution in [0, 0.1) is 0 Å². The van der Waals surface area contributed by atoms with Gasteiger partial charge >= 0.3 is 19.8 Å². The first-order valence-electron chi connectivity index (χ1n) is 22.0. The summed E-state index contributed by atoms with van der Waals surface area (Å²) in [6, 6.07) is 0. The summed E-state index contributed by atoms with van der Waals surface area (Å²) in [5.41, 5.74) is 0.